The molecule has 0 heterocycles. The lowest BCUT2D eigenvalue weighted by Crippen LogP contribution is -2.28. The van der Waals surface area contributed by atoms with Crippen LogP contribution in [0, 0.1) is 23.7 Å². The van der Waals surface area contributed by atoms with Gasteiger partial charge in [0.1, 0.15) is 0 Å². The van der Waals surface area contributed by atoms with E-state index in [0.29, 0.717) is 24.9 Å². The lowest BCUT2D eigenvalue weighted by atomic mass is 9.91. The molecule has 6 atom stereocenters. The number of aliphatic hydroxyl groups excluding tert-OH is 1. The number of aliphatic hydroxyl groups is 1. The Hall–Kier alpha value is -0.610. The van der Waals surface area contributed by atoms with E-state index in [2.05, 4.69) is 20.8 Å². The first-order valence-electron chi connectivity index (χ1n) is 41.4. The van der Waals surface area contributed by atoms with Crippen molar-refractivity contribution in [2.75, 3.05) is 7.11 Å². The summed E-state index contributed by atoms with van der Waals surface area (Å²) >= 11 is 0. The van der Waals surface area contributed by atoms with E-state index in [-0.39, 0.29) is 0 Å². The molecular formula is C83H164O4. The summed E-state index contributed by atoms with van der Waals surface area (Å²) in [6.45, 7) is 7.05. The number of rotatable bonds is 77. The number of carbonyl (C=O) groups is 1. The smallest absolute Gasteiger partial charge is 0.309 e. The number of ether oxygens (including phenoxy) is 1. The van der Waals surface area contributed by atoms with Crippen molar-refractivity contribution in [3.63, 3.8) is 0 Å². The van der Waals surface area contributed by atoms with Crippen LogP contribution in [0.1, 0.15) is 483 Å². The summed E-state index contributed by atoms with van der Waals surface area (Å²) in [4.78, 5) is 12.0. The molecular weight excluding hydrogens is 1060 g/mol. The Kier molecular flexibility index (Phi) is 67.6. The van der Waals surface area contributed by atoms with Gasteiger partial charge < -0.3 is 14.9 Å². The van der Waals surface area contributed by atoms with Crippen molar-refractivity contribution in [1.29, 1.82) is 0 Å². The normalized spacial score (nSPS) is 15.6. The molecule has 1 aliphatic carbocycles. The maximum Gasteiger partial charge on any atom is 0.309 e. The maximum atomic E-state index is 12.0. The van der Waals surface area contributed by atoms with E-state index in [1.54, 1.807) is 6.42 Å². The van der Waals surface area contributed by atoms with Crippen LogP contribution < -0.4 is 0 Å². The lowest BCUT2D eigenvalue weighted by molar-refractivity contribution is -0.146. The van der Waals surface area contributed by atoms with E-state index in [1.807, 2.05) is 7.11 Å². The summed E-state index contributed by atoms with van der Waals surface area (Å²) < 4.78 is 5.98. The molecule has 1 aliphatic rings. The zero-order valence-corrected chi connectivity index (χ0v) is 60.6. The molecule has 0 aromatic heterocycles. The van der Waals surface area contributed by atoms with Crippen LogP contribution in [0.5, 0.6) is 0 Å². The van der Waals surface area contributed by atoms with Crippen molar-refractivity contribution >= 4 is 5.97 Å². The molecule has 0 aromatic carbocycles. The monoisotopic (exact) mass is 1230 g/mol. The van der Waals surface area contributed by atoms with Crippen LogP contribution in [0.15, 0.2) is 0 Å². The minimum Gasteiger partial charge on any atom is -0.481 e. The molecule has 1 saturated carbocycles. The van der Waals surface area contributed by atoms with Gasteiger partial charge in [-0.3, -0.25) is 4.79 Å². The zero-order chi connectivity index (χ0) is 62.7. The summed E-state index contributed by atoms with van der Waals surface area (Å²) in [5.41, 5.74) is 0. The molecule has 1 rings (SSSR count). The SMILES string of the molecule is CCCCCCCCCCCCCCCCCCCCCCC(C(=O)O)[C@H](O)CCCCCCCCCCCCCCCCCC1CC1CCCCCCCCCCCCCCCCC(OC)C(C)CCCCCCCCCCCCCCCCCC. The second kappa shape index (κ2) is 69.7. The number of carboxylic acid groups (broad SMARTS) is 1. The van der Waals surface area contributed by atoms with Crippen LogP contribution in [0.25, 0.3) is 0 Å². The molecule has 0 bridgehead atoms. The van der Waals surface area contributed by atoms with Crippen molar-refractivity contribution in [2.45, 2.75) is 495 Å². The van der Waals surface area contributed by atoms with Crippen molar-refractivity contribution in [1.82, 2.24) is 0 Å². The first kappa shape index (κ1) is 84.4. The molecule has 0 aromatic rings. The van der Waals surface area contributed by atoms with Crippen molar-refractivity contribution in [3.8, 4) is 0 Å². The number of hydrogen-bond donors (Lipinski definition) is 2. The van der Waals surface area contributed by atoms with E-state index < -0.39 is 18.0 Å². The van der Waals surface area contributed by atoms with Crippen LogP contribution in [0.2, 0.25) is 0 Å². The van der Waals surface area contributed by atoms with Crippen molar-refractivity contribution < 1.29 is 19.7 Å². The summed E-state index contributed by atoms with van der Waals surface area (Å²) in [7, 11) is 1.96. The van der Waals surface area contributed by atoms with Gasteiger partial charge in [0.15, 0.2) is 0 Å². The fourth-order valence-electron chi connectivity index (χ4n) is 15.1. The Labute approximate surface area is 549 Å². The molecule has 4 heteroatoms. The molecule has 0 saturated heterocycles. The number of methoxy groups -OCH3 is 1. The maximum absolute atomic E-state index is 12.0. The Morgan fingerprint density at radius 3 is 0.759 bits per heavy atom. The van der Waals surface area contributed by atoms with E-state index in [9.17, 15) is 15.0 Å². The summed E-state index contributed by atoms with van der Waals surface area (Å²) in [5.74, 6) is 1.50. The topological polar surface area (TPSA) is 66.8 Å². The van der Waals surface area contributed by atoms with Crippen molar-refractivity contribution in [3.05, 3.63) is 0 Å². The predicted molar refractivity (Wildman–Crippen MR) is 388 cm³/mol. The molecule has 1 fully saturated rings. The molecule has 0 aliphatic heterocycles. The molecule has 2 N–H and O–H groups in total. The first-order valence-corrected chi connectivity index (χ1v) is 41.4. The second-order valence-electron chi connectivity index (χ2n) is 30.0. The van der Waals surface area contributed by atoms with E-state index in [4.69, 9.17) is 4.74 Å². The predicted octanol–water partition coefficient (Wildman–Crippen LogP) is 29.1. The minimum absolute atomic E-state index is 0.471. The fraction of sp³-hybridized carbons (Fsp3) is 0.988. The lowest BCUT2D eigenvalue weighted by Gasteiger charge is -2.22. The van der Waals surface area contributed by atoms with Crippen LogP contribution in [-0.2, 0) is 9.53 Å². The highest BCUT2D eigenvalue weighted by molar-refractivity contribution is 5.70. The van der Waals surface area contributed by atoms with Gasteiger partial charge in [-0.25, -0.2) is 0 Å². The van der Waals surface area contributed by atoms with Crippen LogP contribution in [0.3, 0.4) is 0 Å². The minimum atomic E-state index is -0.798. The molecule has 0 amide bonds. The van der Waals surface area contributed by atoms with Crippen LogP contribution in [-0.4, -0.2) is 35.5 Å². The van der Waals surface area contributed by atoms with Crippen LogP contribution >= 0.6 is 0 Å². The highest BCUT2D eigenvalue weighted by atomic mass is 16.5. The van der Waals surface area contributed by atoms with Gasteiger partial charge in [0.05, 0.1) is 18.1 Å². The van der Waals surface area contributed by atoms with Crippen molar-refractivity contribution in [2.24, 2.45) is 23.7 Å². The molecule has 520 valence electrons. The largest absolute Gasteiger partial charge is 0.481 e. The average molecular weight is 1230 g/mol. The van der Waals surface area contributed by atoms with Gasteiger partial charge in [-0.2, -0.15) is 0 Å². The van der Waals surface area contributed by atoms with Gasteiger partial charge in [0.25, 0.3) is 0 Å². The number of unbranched alkanes of at least 4 members (excludes halogenated alkanes) is 61. The number of carboxylic acids is 1. The molecule has 87 heavy (non-hydrogen) atoms. The molecule has 0 spiro atoms. The van der Waals surface area contributed by atoms with Gasteiger partial charge in [0.2, 0.25) is 0 Å². The van der Waals surface area contributed by atoms with Gasteiger partial charge in [-0.1, -0.05) is 451 Å². The highest BCUT2D eigenvalue weighted by Gasteiger charge is 2.35. The number of hydrogen-bond acceptors (Lipinski definition) is 3. The standard InChI is InChI=1S/C83H164O4/c1-5-7-9-11-13-15-17-19-21-23-24-25-26-30-37-43-49-55-61-67-73-80(83(85)86)81(84)74-68-62-56-50-44-38-31-27-29-35-41-47-53-59-65-71-78-76-79(78)72-66-60-54-48-42-36-32-33-39-45-51-57-63-69-75-82(87-4)77(3)70-64-58-52-46-40-34-28-22-20-18-16-14-12-10-8-6-2/h77-82,84H,5-76H2,1-4H3,(H,85,86)/t77?,78?,79?,80?,81-,82?/m1/s1. The van der Waals surface area contributed by atoms with E-state index >= 15 is 0 Å². The van der Waals surface area contributed by atoms with Gasteiger partial charge in [-0.15, -0.1) is 0 Å². The zero-order valence-electron chi connectivity index (χ0n) is 60.6. The van der Waals surface area contributed by atoms with E-state index in [0.717, 1.165) is 37.5 Å². The Bertz CT molecular complexity index is 1300. The third-order valence-electron chi connectivity index (χ3n) is 21.6. The van der Waals surface area contributed by atoms with Gasteiger partial charge >= 0.3 is 5.97 Å². The molecule has 0 radical (unpaired) electrons. The summed E-state index contributed by atoms with van der Waals surface area (Å²) in [5, 5.41) is 20.6. The third-order valence-corrected chi connectivity index (χ3v) is 21.6. The average Bonchev–Trinajstić information content (AvgIpc) is 3.66. The molecule has 4 nitrogen and oxygen atoms in total. The van der Waals surface area contributed by atoms with Gasteiger partial charge in [0, 0.05) is 7.11 Å². The summed E-state index contributed by atoms with van der Waals surface area (Å²) in [6.07, 6.45) is 99.2. The second-order valence-corrected chi connectivity index (χ2v) is 30.0. The highest BCUT2D eigenvalue weighted by Crippen LogP contribution is 2.46. The Morgan fingerprint density at radius 1 is 0.310 bits per heavy atom. The Morgan fingerprint density at radius 2 is 0.517 bits per heavy atom. The van der Waals surface area contributed by atoms with Crippen LogP contribution in [0.4, 0.5) is 0 Å². The fourth-order valence-corrected chi connectivity index (χ4v) is 15.1. The Balaban J connectivity index is 1.76. The molecule has 5 unspecified atom stereocenters. The number of aliphatic carboxylic acids is 1. The quantitative estimate of drug-likeness (QED) is 0.0596. The van der Waals surface area contributed by atoms with Gasteiger partial charge in [-0.05, 0) is 49.9 Å². The first-order chi connectivity index (χ1) is 42.9. The third kappa shape index (κ3) is 61.3. The van der Waals surface area contributed by atoms with E-state index in [1.165, 1.54) is 417 Å². The summed E-state index contributed by atoms with van der Waals surface area (Å²) in [6, 6.07) is 0.